The van der Waals surface area contributed by atoms with Gasteiger partial charge in [0, 0.05) is 17.5 Å². The molecule has 30 heavy (non-hydrogen) atoms. The molecule has 0 aliphatic rings. The first kappa shape index (κ1) is 21.4. The molecule has 0 radical (unpaired) electrons. The molecule has 0 unspecified atom stereocenters. The highest BCUT2D eigenvalue weighted by atomic mass is 32.1. The molecule has 3 rings (SSSR count). The van der Waals surface area contributed by atoms with Crippen LogP contribution in [0.5, 0.6) is 23.0 Å². The molecule has 0 aliphatic carbocycles. The number of nitrogens with zero attached hydrogens (tertiary/aromatic N) is 1. The van der Waals surface area contributed by atoms with Crippen molar-refractivity contribution in [2.75, 3.05) is 27.9 Å². The second kappa shape index (κ2) is 10.5. The van der Waals surface area contributed by atoms with Crippen molar-refractivity contribution in [1.29, 1.82) is 0 Å². The van der Waals surface area contributed by atoms with E-state index < -0.39 is 0 Å². The van der Waals surface area contributed by atoms with Crippen molar-refractivity contribution in [3.05, 3.63) is 64.1 Å². The third kappa shape index (κ3) is 5.42. The number of rotatable bonds is 10. The highest BCUT2D eigenvalue weighted by molar-refractivity contribution is 7.07. The average Bonchev–Trinajstić information content (AvgIpc) is 3.31. The SMILES string of the molecule is COc1ccc(CCNC(=O)c2ccc(OCc3cscn3)c(OC)c2)cc1OC. The van der Waals surface area contributed by atoms with E-state index in [0.29, 0.717) is 48.1 Å². The van der Waals surface area contributed by atoms with Gasteiger partial charge in [-0.1, -0.05) is 6.07 Å². The van der Waals surface area contributed by atoms with E-state index in [2.05, 4.69) is 10.3 Å². The van der Waals surface area contributed by atoms with E-state index in [-0.39, 0.29) is 5.91 Å². The quantitative estimate of drug-likeness (QED) is 0.530. The zero-order valence-electron chi connectivity index (χ0n) is 17.1. The Bertz CT molecular complexity index is 976. The molecule has 2 aromatic carbocycles. The zero-order valence-corrected chi connectivity index (χ0v) is 18.0. The van der Waals surface area contributed by atoms with Crippen LogP contribution < -0.4 is 24.3 Å². The Labute approximate surface area is 179 Å². The number of thiazole rings is 1. The molecule has 1 aromatic heterocycles. The maximum absolute atomic E-state index is 12.5. The minimum absolute atomic E-state index is 0.181. The molecular formula is C22H24N2O5S. The number of carbonyl (C=O) groups excluding carboxylic acids is 1. The number of hydrogen-bond donors (Lipinski definition) is 1. The Morgan fingerprint density at radius 3 is 2.40 bits per heavy atom. The van der Waals surface area contributed by atoms with Gasteiger partial charge in [-0.2, -0.15) is 0 Å². The van der Waals surface area contributed by atoms with Gasteiger partial charge in [-0.3, -0.25) is 4.79 Å². The fourth-order valence-electron chi connectivity index (χ4n) is 2.85. The topological polar surface area (TPSA) is 78.9 Å². The van der Waals surface area contributed by atoms with Crippen LogP contribution in [-0.2, 0) is 13.0 Å². The number of amides is 1. The zero-order chi connectivity index (χ0) is 21.3. The van der Waals surface area contributed by atoms with Crippen molar-refractivity contribution in [2.24, 2.45) is 0 Å². The summed E-state index contributed by atoms with van der Waals surface area (Å²) in [7, 11) is 4.74. The molecule has 0 saturated heterocycles. The van der Waals surface area contributed by atoms with Gasteiger partial charge in [0.05, 0.1) is 32.5 Å². The minimum Gasteiger partial charge on any atom is -0.493 e. The Morgan fingerprint density at radius 2 is 1.70 bits per heavy atom. The van der Waals surface area contributed by atoms with Gasteiger partial charge in [0.1, 0.15) is 6.61 Å². The second-order valence-electron chi connectivity index (χ2n) is 6.33. The van der Waals surface area contributed by atoms with Crippen molar-refractivity contribution >= 4 is 17.2 Å². The highest BCUT2D eigenvalue weighted by Gasteiger charge is 2.12. The fraction of sp³-hybridized carbons (Fsp3) is 0.273. The van der Waals surface area contributed by atoms with Gasteiger partial charge >= 0.3 is 0 Å². The third-order valence-electron chi connectivity index (χ3n) is 4.43. The summed E-state index contributed by atoms with van der Waals surface area (Å²) in [6.45, 7) is 0.829. The van der Waals surface area contributed by atoms with Crippen LogP contribution in [0.1, 0.15) is 21.6 Å². The maximum Gasteiger partial charge on any atom is 0.251 e. The van der Waals surface area contributed by atoms with Crippen LogP contribution in [0.2, 0.25) is 0 Å². The lowest BCUT2D eigenvalue weighted by atomic mass is 10.1. The molecule has 1 heterocycles. The lowest BCUT2D eigenvalue weighted by molar-refractivity contribution is 0.0953. The number of methoxy groups -OCH3 is 3. The normalized spacial score (nSPS) is 10.4. The van der Waals surface area contributed by atoms with Crippen molar-refractivity contribution < 1.29 is 23.7 Å². The van der Waals surface area contributed by atoms with Gasteiger partial charge in [-0.15, -0.1) is 11.3 Å². The smallest absolute Gasteiger partial charge is 0.251 e. The summed E-state index contributed by atoms with van der Waals surface area (Å²) < 4.78 is 21.7. The molecule has 7 nitrogen and oxygen atoms in total. The molecular weight excluding hydrogens is 404 g/mol. The number of ether oxygens (including phenoxy) is 4. The van der Waals surface area contributed by atoms with Gasteiger partial charge in [0.2, 0.25) is 0 Å². The Hall–Kier alpha value is -3.26. The van der Waals surface area contributed by atoms with Gasteiger partial charge in [-0.05, 0) is 42.3 Å². The average molecular weight is 429 g/mol. The minimum atomic E-state index is -0.181. The van der Waals surface area contributed by atoms with E-state index in [9.17, 15) is 4.79 Å². The van der Waals surface area contributed by atoms with Crippen LogP contribution in [0.15, 0.2) is 47.3 Å². The second-order valence-corrected chi connectivity index (χ2v) is 7.05. The summed E-state index contributed by atoms with van der Waals surface area (Å²) in [6, 6.07) is 10.8. The summed E-state index contributed by atoms with van der Waals surface area (Å²) in [5, 5.41) is 4.85. The summed E-state index contributed by atoms with van der Waals surface area (Å²) in [5.41, 5.74) is 4.14. The van der Waals surface area contributed by atoms with Crippen LogP contribution in [0.4, 0.5) is 0 Å². The van der Waals surface area contributed by atoms with Crippen LogP contribution in [0.3, 0.4) is 0 Å². The summed E-state index contributed by atoms with van der Waals surface area (Å²) >= 11 is 1.51. The van der Waals surface area contributed by atoms with E-state index in [0.717, 1.165) is 11.3 Å². The number of aromatic nitrogens is 1. The number of hydrogen-bond acceptors (Lipinski definition) is 7. The van der Waals surface area contributed by atoms with Crippen LogP contribution in [-0.4, -0.2) is 38.8 Å². The number of benzene rings is 2. The van der Waals surface area contributed by atoms with E-state index in [1.54, 1.807) is 45.0 Å². The van der Waals surface area contributed by atoms with Crippen LogP contribution in [0, 0.1) is 0 Å². The first-order valence-electron chi connectivity index (χ1n) is 9.31. The molecule has 1 amide bonds. The molecule has 8 heteroatoms. The third-order valence-corrected chi connectivity index (χ3v) is 5.07. The van der Waals surface area contributed by atoms with Crippen LogP contribution in [0.25, 0.3) is 0 Å². The first-order chi connectivity index (χ1) is 14.6. The molecule has 1 N–H and O–H groups in total. The van der Waals surface area contributed by atoms with Gasteiger partial charge in [0.15, 0.2) is 23.0 Å². The summed E-state index contributed by atoms with van der Waals surface area (Å²) in [6.07, 6.45) is 0.665. The molecule has 0 spiro atoms. The predicted molar refractivity (Wildman–Crippen MR) is 115 cm³/mol. The van der Waals surface area contributed by atoms with Crippen molar-refractivity contribution in [3.63, 3.8) is 0 Å². The highest BCUT2D eigenvalue weighted by Crippen LogP contribution is 2.29. The van der Waals surface area contributed by atoms with Crippen molar-refractivity contribution in [3.8, 4) is 23.0 Å². The lowest BCUT2D eigenvalue weighted by Crippen LogP contribution is -2.25. The molecule has 0 aliphatic heterocycles. The van der Waals surface area contributed by atoms with Crippen molar-refractivity contribution in [1.82, 2.24) is 10.3 Å². The molecule has 0 fully saturated rings. The Balaban J connectivity index is 1.57. The number of nitrogens with one attached hydrogen (secondary N) is 1. The lowest BCUT2D eigenvalue weighted by Gasteiger charge is -2.12. The fourth-order valence-corrected chi connectivity index (χ4v) is 3.39. The van der Waals surface area contributed by atoms with E-state index in [1.165, 1.54) is 11.3 Å². The number of carbonyl (C=O) groups is 1. The van der Waals surface area contributed by atoms with Gasteiger partial charge in [-0.25, -0.2) is 4.98 Å². The molecule has 0 saturated carbocycles. The van der Waals surface area contributed by atoms with E-state index in [1.807, 2.05) is 23.6 Å². The predicted octanol–water partition coefficient (Wildman–Crippen LogP) is 3.72. The van der Waals surface area contributed by atoms with E-state index >= 15 is 0 Å². The summed E-state index contributed by atoms with van der Waals surface area (Å²) in [5.74, 6) is 2.22. The first-order valence-corrected chi connectivity index (χ1v) is 10.3. The Morgan fingerprint density at radius 1 is 0.967 bits per heavy atom. The van der Waals surface area contributed by atoms with E-state index in [4.69, 9.17) is 18.9 Å². The standard InChI is InChI=1S/C22H24N2O5S/c1-26-18-6-4-15(10-20(18)27-2)8-9-23-22(25)16-5-7-19(21(11-16)28-3)29-12-17-13-30-14-24-17/h4-7,10-11,13-14H,8-9,12H2,1-3H3,(H,23,25). The molecule has 3 aromatic rings. The maximum atomic E-state index is 12.5. The monoisotopic (exact) mass is 428 g/mol. The molecule has 158 valence electrons. The largest absolute Gasteiger partial charge is 0.493 e. The molecule has 0 bridgehead atoms. The molecule has 0 atom stereocenters. The van der Waals surface area contributed by atoms with Gasteiger partial charge < -0.3 is 24.3 Å². The van der Waals surface area contributed by atoms with Crippen LogP contribution >= 0.6 is 11.3 Å². The Kier molecular flexibility index (Phi) is 7.51. The van der Waals surface area contributed by atoms with Crippen molar-refractivity contribution in [2.45, 2.75) is 13.0 Å². The van der Waals surface area contributed by atoms with Gasteiger partial charge in [0.25, 0.3) is 5.91 Å². The summed E-state index contributed by atoms with van der Waals surface area (Å²) in [4.78, 5) is 16.7.